The molecule has 1 amide bonds. The van der Waals surface area contributed by atoms with E-state index in [4.69, 9.17) is 21.4 Å². The Morgan fingerprint density at radius 3 is 2.70 bits per heavy atom. The molecule has 2 N–H and O–H groups in total. The first-order valence-corrected chi connectivity index (χ1v) is 8.09. The van der Waals surface area contributed by atoms with Gasteiger partial charge in [0.1, 0.15) is 10.6 Å². The number of ether oxygens (including phenoxy) is 1. The van der Waals surface area contributed by atoms with Crippen LogP contribution in [0.3, 0.4) is 0 Å². The molecule has 0 saturated carbocycles. The maximum atomic E-state index is 12.0. The normalized spacial score (nSPS) is 11.8. The van der Waals surface area contributed by atoms with Crippen molar-refractivity contribution in [3.8, 4) is 5.75 Å². The van der Waals surface area contributed by atoms with E-state index in [0.717, 1.165) is 21.8 Å². The molecule has 0 aliphatic rings. The summed E-state index contributed by atoms with van der Waals surface area (Å²) in [6, 6.07) is 8.39. The fourth-order valence-corrected chi connectivity index (χ4v) is 2.76. The second-order valence-electron chi connectivity index (χ2n) is 4.96. The minimum absolute atomic E-state index is 0.246. The van der Waals surface area contributed by atoms with Gasteiger partial charge in [0.2, 0.25) is 0 Å². The molecule has 0 fully saturated rings. The molecule has 122 valence electrons. The summed E-state index contributed by atoms with van der Waals surface area (Å²) in [4.78, 5) is 23.9. The number of amides is 1. The predicted octanol–water partition coefficient (Wildman–Crippen LogP) is 3.49. The molecule has 0 spiro atoms. The van der Waals surface area contributed by atoms with E-state index >= 15 is 0 Å². The number of thiophene rings is 1. The number of carbonyl (C=O) groups is 2. The Balaban J connectivity index is 1.89. The monoisotopic (exact) mass is 353 g/mol. The van der Waals surface area contributed by atoms with Crippen LogP contribution in [0.1, 0.15) is 27.0 Å². The van der Waals surface area contributed by atoms with Gasteiger partial charge >= 0.3 is 5.97 Å². The number of rotatable bonds is 6. The number of hydrogen-bond donors (Lipinski definition) is 2. The van der Waals surface area contributed by atoms with Crippen LogP contribution in [0.5, 0.6) is 5.75 Å². The molecule has 0 bridgehead atoms. The van der Waals surface area contributed by atoms with Gasteiger partial charge < -0.3 is 15.2 Å². The van der Waals surface area contributed by atoms with Gasteiger partial charge in [-0.1, -0.05) is 11.6 Å². The third-order valence-electron chi connectivity index (χ3n) is 3.12. The number of hydrogen-bond acceptors (Lipinski definition) is 4. The summed E-state index contributed by atoms with van der Waals surface area (Å²) in [5, 5.41) is 12.2. The van der Waals surface area contributed by atoms with Crippen LogP contribution in [0.2, 0.25) is 5.02 Å². The van der Waals surface area contributed by atoms with Gasteiger partial charge in [-0.25, -0.2) is 4.79 Å². The highest BCUT2D eigenvalue weighted by atomic mass is 35.5. The standard InChI is InChI=1S/C16H16ClNO4S/c1-9-7-11(3-5-13(9)17)22-10(2)15(19)18-8-12-4-6-14(23-12)16(20)21/h3-7,10H,8H2,1-2H3,(H,18,19)(H,20,21). The molecule has 5 nitrogen and oxygen atoms in total. The Morgan fingerprint density at radius 1 is 1.35 bits per heavy atom. The summed E-state index contributed by atoms with van der Waals surface area (Å²) < 4.78 is 5.58. The Kier molecular flexibility index (Phi) is 5.63. The average molecular weight is 354 g/mol. The van der Waals surface area contributed by atoms with Crippen molar-refractivity contribution in [1.82, 2.24) is 5.32 Å². The van der Waals surface area contributed by atoms with Crippen molar-refractivity contribution in [3.05, 3.63) is 50.7 Å². The third kappa shape index (κ3) is 4.71. The Bertz CT molecular complexity index is 729. The molecule has 2 aromatic rings. The molecule has 1 aromatic carbocycles. The molecule has 0 radical (unpaired) electrons. The van der Waals surface area contributed by atoms with Gasteiger partial charge in [-0.05, 0) is 49.7 Å². The summed E-state index contributed by atoms with van der Waals surface area (Å²) in [6.07, 6.45) is -0.672. The Labute approximate surface area is 142 Å². The molecule has 23 heavy (non-hydrogen) atoms. The molecule has 1 unspecified atom stereocenters. The first-order valence-electron chi connectivity index (χ1n) is 6.89. The van der Waals surface area contributed by atoms with Gasteiger partial charge in [-0.2, -0.15) is 0 Å². The summed E-state index contributed by atoms with van der Waals surface area (Å²) in [5.74, 6) is -0.677. The SMILES string of the molecule is Cc1cc(OC(C)C(=O)NCc2ccc(C(=O)O)s2)ccc1Cl. The van der Waals surface area contributed by atoms with Crippen LogP contribution in [0.25, 0.3) is 0 Å². The van der Waals surface area contributed by atoms with Crippen molar-refractivity contribution in [2.75, 3.05) is 0 Å². The summed E-state index contributed by atoms with van der Waals surface area (Å²) in [7, 11) is 0. The van der Waals surface area contributed by atoms with Gasteiger partial charge in [0.15, 0.2) is 6.10 Å². The molecule has 1 heterocycles. The van der Waals surface area contributed by atoms with Crippen LogP contribution in [0.4, 0.5) is 0 Å². The van der Waals surface area contributed by atoms with Crippen molar-refractivity contribution >= 4 is 34.8 Å². The molecule has 0 aliphatic heterocycles. The number of halogens is 1. The lowest BCUT2D eigenvalue weighted by Crippen LogP contribution is -2.35. The van der Waals surface area contributed by atoms with E-state index in [1.807, 2.05) is 6.92 Å². The fourth-order valence-electron chi connectivity index (χ4n) is 1.85. The van der Waals surface area contributed by atoms with Gasteiger partial charge in [0.25, 0.3) is 5.91 Å². The first kappa shape index (κ1) is 17.3. The quantitative estimate of drug-likeness (QED) is 0.833. The number of carboxylic acid groups (broad SMARTS) is 1. The molecular formula is C16H16ClNO4S. The van der Waals surface area contributed by atoms with E-state index in [9.17, 15) is 9.59 Å². The highest BCUT2D eigenvalue weighted by molar-refractivity contribution is 7.13. The maximum absolute atomic E-state index is 12.0. The summed E-state index contributed by atoms with van der Waals surface area (Å²) >= 11 is 7.08. The number of carbonyl (C=O) groups excluding carboxylic acids is 1. The smallest absolute Gasteiger partial charge is 0.345 e. The average Bonchev–Trinajstić information content (AvgIpc) is 2.97. The molecule has 1 atom stereocenters. The van der Waals surface area contributed by atoms with Crippen LogP contribution in [0, 0.1) is 6.92 Å². The molecule has 0 saturated heterocycles. The highest BCUT2D eigenvalue weighted by Crippen LogP contribution is 2.22. The van der Waals surface area contributed by atoms with Gasteiger partial charge in [-0.15, -0.1) is 11.3 Å². The van der Waals surface area contributed by atoms with E-state index in [-0.39, 0.29) is 17.3 Å². The van der Waals surface area contributed by atoms with E-state index in [1.165, 1.54) is 6.07 Å². The van der Waals surface area contributed by atoms with E-state index < -0.39 is 12.1 Å². The van der Waals surface area contributed by atoms with Crippen LogP contribution in [0.15, 0.2) is 30.3 Å². The lowest BCUT2D eigenvalue weighted by atomic mass is 10.2. The minimum Gasteiger partial charge on any atom is -0.481 e. The Hall–Kier alpha value is -2.05. The largest absolute Gasteiger partial charge is 0.481 e. The maximum Gasteiger partial charge on any atom is 0.345 e. The van der Waals surface area contributed by atoms with Crippen molar-refractivity contribution in [3.63, 3.8) is 0 Å². The molecule has 1 aromatic heterocycles. The molecule has 7 heteroatoms. The first-order chi connectivity index (χ1) is 10.9. The van der Waals surface area contributed by atoms with Crippen molar-refractivity contribution in [2.45, 2.75) is 26.5 Å². The highest BCUT2D eigenvalue weighted by Gasteiger charge is 2.15. The van der Waals surface area contributed by atoms with Crippen LogP contribution in [-0.4, -0.2) is 23.1 Å². The van der Waals surface area contributed by atoms with E-state index in [0.29, 0.717) is 10.8 Å². The van der Waals surface area contributed by atoms with E-state index in [1.54, 1.807) is 31.2 Å². The minimum atomic E-state index is -0.970. The van der Waals surface area contributed by atoms with Crippen LogP contribution >= 0.6 is 22.9 Å². The summed E-state index contributed by atoms with van der Waals surface area (Å²) in [5.41, 5.74) is 0.872. The number of aromatic carboxylic acids is 1. The number of aryl methyl sites for hydroxylation is 1. The lowest BCUT2D eigenvalue weighted by Gasteiger charge is -2.15. The summed E-state index contributed by atoms with van der Waals surface area (Å²) in [6.45, 7) is 3.78. The predicted molar refractivity (Wildman–Crippen MR) is 89.4 cm³/mol. The van der Waals surface area contributed by atoms with Gasteiger partial charge in [-0.3, -0.25) is 4.79 Å². The number of benzene rings is 1. The van der Waals surface area contributed by atoms with Crippen molar-refractivity contribution in [1.29, 1.82) is 0 Å². The second-order valence-corrected chi connectivity index (χ2v) is 6.54. The molecular weight excluding hydrogens is 338 g/mol. The topological polar surface area (TPSA) is 75.6 Å². The third-order valence-corrected chi connectivity index (χ3v) is 4.62. The zero-order chi connectivity index (χ0) is 17.0. The van der Waals surface area contributed by atoms with Gasteiger partial charge in [0, 0.05) is 9.90 Å². The molecule has 2 rings (SSSR count). The zero-order valence-electron chi connectivity index (χ0n) is 12.6. The number of carboxylic acids is 1. The zero-order valence-corrected chi connectivity index (χ0v) is 14.2. The van der Waals surface area contributed by atoms with Crippen molar-refractivity contribution < 1.29 is 19.4 Å². The van der Waals surface area contributed by atoms with E-state index in [2.05, 4.69) is 5.32 Å². The lowest BCUT2D eigenvalue weighted by molar-refractivity contribution is -0.127. The van der Waals surface area contributed by atoms with Crippen LogP contribution in [-0.2, 0) is 11.3 Å². The second kappa shape index (κ2) is 7.48. The number of nitrogens with one attached hydrogen (secondary N) is 1. The van der Waals surface area contributed by atoms with Crippen LogP contribution < -0.4 is 10.1 Å². The van der Waals surface area contributed by atoms with Gasteiger partial charge in [0.05, 0.1) is 6.54 Å². The molecule has 0 aliphatic carbocycles. The fraction of sp³-hybridized carbons (Fsp3) is 0.250. The Morgan fingerprint density at radius 2 is 2.09 bits per heavy atom. The van der Waals surface area contributed by atoms with Crippen molar-refractivity contribution in [2.24, 2.45) is 0 Å².